The van der Waals surface area contributed by atoms with E-state index in [9.17, 15) is 0 Å². The topological polar surface area (TPSA) is 0 Å². The average Bonchev–Trinajstić information content (AvgIpc) is 2.83. The van der Waals surface area contributed by atoms with Crippen molar-refractivity contribution in [1.82, 2.24) is 0 Å². The molecule has 3 aromatic rings. The Morgan fingerprint density at radius 2 is 1.00 bits per heavy atom. The monoisotopic (exact) mass is 524 g/mol. The molecule has 0 saturated carbocycles. The fourth-order valence-corrected chi connectivity index (χ4v) is 5.89. The molecular formula is C31H42BrP. The van der Waals surface area contributed by atoms with Crippen LogP contribution in [0.4, 0.5) is 0 Å². The van der Waals surface area contributed by atoms with Crippen LogP contribution in [0.15, 0.2) is 103 Å². The van der Waals surface area contributed by atoms with Crippen molar-refractivity contribution >= 4 is 40.8 Å². The van der Waals surface area contributed by atoms with Crippen LogP contribution in [-0.2, 0) is 0 Å². The van der Waals surface area contributed by atoms with Crippen molar-refractivity contribution < 1.29 is 0 Å². The first-order chi connectivity index (χ1) is 15.7. The van der Waals surface area contributed by atoms with Gasteiger partial charge in [0.15, 0.2) is 0 Å². The Morgan fingerprint density at radius 3 is 1.39 bits per heavy atom. The van der Waals surface area contributed by atoms with Crippen LogP contribution in [0.25, 0.3) is 0 Å². The zero-order valence-corrected chi connectivity index (χ0v) is 23.3. The Labute approximate surface area is 215 Å². The second-order valence-electron chi connectivity index (χ2n) is 8.57. The third kappa shape index (κ3) is 12.4. The van der Waals surface area contributed by atoms with E-state index >= 15 is 0 Å². The van der Waals surface area contributed by atoms with Crippen LogP contribution in [0.3, 0.4) is 0 Å². The Balaban J connectivity index is 0.000000346. The van der Waals surface area contributed by atoms with E-state index in [-0.39, 0.29) is 17.0 Å². The van der Waals surface area contributed by atoms with E-state index in [1.54, 1.807) is 0 Å². The van der Waals surface area contributed by atoms with Crippen molar-refractivity contribution in [2.75, 3.05) is 0 Å². The average molecular weight is 526 g/mol. The number of hydrogen-bond donors (Lipinski definition) is 0. The molecule has 0 fully saturated rings. The van der Waals surface area contributed by atoms with E-state index in [1.165, 1.54) is 60.9 Å². The van der Waals surface area contributed by atoms with Gasteiger partial charge in [0.2, 0.25) is 0 Å². The van der Waals surface area contributed by atoms with Crippen LogP contribution in [0, 0.1) is 5.92 Å². The maximum absolute atomic E-state index is 2.34. The lowest BCUT2D eigenvalue weighted by atomic mass is 10.1. The molecule has 0 unspecified atom stereocenters. The first-order valence-corrected chi connectivity index (χ1v) is 13.7. The zero-order valence-electron chi connectivity index (χ0n) is 20.7. The molecule has 0 bridgehead atoms. The lowest BCUT2D eigenvalue weighted by Crippen LogP contribution is -2.20. The van der Waals surface area contributed by atoms with Crippen LogP contribution < -0.4 is 15.9 Å². The normalized spacial score (nSPS) is 10.7. The van der Waals surface area contributed by atoms with Gasteiger partial charge in [0.1, 0.15) is 0 Å². The third-order valence-corrected chi connectivity index (χ3v) is 7.73. The summed E-state index contributed by atoms with van der Waals surface area (Å²) < 4.78 is 0. The highest BCUT2D eigenvalue weighted by Crippen LogP contribution is 2.32. The van der Waals surface area contributed by atoms with Crippen molar-refractivity contribution in [2.24, 2.45) is 5.92 Å². The van der Waals surface area contributed by atoms with Crippen LogP contribution in [0.1, 0.15) is 65.7 Å². The molecule has 0 heterocycles. The summed E-state index contributed by atoms with van der Waals surface area (Å²) in [4.78, 5) is 0. The predicted molar refractivity (Wildman–Crippen MR) is 157 cm³/mol. The predicted octanol–water partition coefficient (Wildman–Crippen LogP) is 8.97. The van der Waals surface area contributed by atoms with Crippen molar-refractivity contribution in [2.45, 2.75) is 65.7 Å². The van der Waals surface area contributed by atoms with Crippen molar-refractivity contribution in [3.05, 3.63) is 103 Å². The highest BCUT2D eigenvalue weighted by molar-refractivity contribution is 8.93. The Bertz CT molecular complexity index is 750. The summed E-state index contributed by atoms with van der Waals surface area (Å²) in [6, 6.07) is 32.3. The minimum atomic E-state index is -0.446. The van der Waals surface area contributed by atoms with E-state index in [2.05, 4.69) is 124 Å². The number of halogens is 1. The molecule has 33 heavy (non-hydrogen) atoms. The van der Waals surface area contributed by atoms with Gasteiger partial charge in [-0.2, -0.15) is 0 Å². The molecule has 3 rings (SSSR count). The maximum Gasteiger partial charge on any atom is -0.0134 e. The summed E-state index contributed by atoms with van der Waals surface area (Å²) in [5, 5.41) is 4.19. The first kappa shape index (κ1) is 29.3. The molecule has 3 aromatic carbocycles. The molecule has 0 aliphatic rings. The van der Waals surface area contributed by atoms with Gasteiger partial charge in [-0.25, -0.2) is 0 Å². The van der Waals surface area contributed by atoms with E-state index in [0.717, 1.165) is 5.92 Å². The molecule has 0 aromatic heterocycles. The molecule has 0 aliphatic heterocycles. The molecule has 0 radical (unpaired) electrons. The number of unbranched alkanes of at least 4 members (excludes halogenated alkanes) is 6. The van der Waals surface area contributed by atoms with Crippen molar-refractivity contribution in [3.63, 3.8) is 0 Å². The summed E-state index contributed by atoms with van der Waals surface area (Å²) in [6.07, 6.45) is 14.4. The Hall–Kier alpha value is -1.69. The Morgan fingerprint density at radius 1 is 0.606 bits per heavy atom. The summed E-state index contributed by atoms with van der Waals surface area (Å²) in [5.41, 5.74) is 0. The lowest BCUT2D eigenvalue weighted by Gasteiger charge is -2.18. The first-order valence-electron chi connectivity index (χ1n) is 12.3. The second-order valence-corrected chi connectivity index (χ2v) is 10.8. The van der Waals surface area contributed by atoms with Crippen molar-refractivity contribution in [1.29, 1.82) is 0 Å². The van der Waals surface area contributed by atoms with Gasteiger partial charge in [-0.1, -0.05) is 156 Å². The highest BCUT2D eigenvalue weighted by Gasteiger charge is 2.14. The van der Waals surface area contributed by atoms with Gasteiger partial charge >= 0.3 is 0 Å². The number of benzene rings is 3. The van der Waals surface area contributed by atoms with Gasteiger partial charge in [-0.05, 0) is 42.6 Å². The largest absolute Gasteiger partial charge is 0.114 e. The highest BCUT2D eigenvalue weighted by atomic mass is 79.9. The van der Waals surface area contributed by atoms with Gasteiger partial charge in [0.25, 0.3) is 0 Å². The summed E-state index contributed by atoms with van der Waals surface area (Å²) in [6.45, 7) is 6.74. The van der Waals surface area contributed by atoms with Gasteiger partial charge in [0, 0.05) is 0 Å². The van der Waals surface area contributed by atoms with Gasteiger partial charge < -0.3 is 0 Å². The molecule has 0 spiro atoms. The van der Waals surface area contributed by atoms with E-state index in [4.69, 9.17) is 0 Å². The molecule has 2 heteroatoms. The summed E-state index contributed by atoms with van der Waals surface area (Å²) >= 11 is 0. The summed E-state index contributed by atoms with van der Waals surface area (Å²) in [7, 11) is -0.446. The Kier molecular flexibility index (Phi) is 16.6. The lowest BCUT2D eigenvalue weighted by molar-refractivity contribution is 0.610. The van der Waals surface area contributed by atoms with E-state index < -0.39 is 7.92 Å². The number of allylic oxidation sites excluding steroid dienone is 2. The molecule has 0 N–H and O–H groups in total. The molecule has 0 saturated heterocycles. The SMILES string of the molecule is Br.CCCCCCCCC=CC(C)C.c1ccc(P(c2ccccc2)c2ccccc2)cc1. The van der Waals surface area contributed by atoms with Gasteiger partial charge in [0.05, 0.1) is 0 Å². The number of hydrogen-bond acceptors (Lipinski definition) is 0. The van der Waals surface area contributed by atoms with Crippen molar-refractivity contribution in [3.8, 4) is 0 Å². The zero-order chi connectivity index (χ0) is 22.9. The van der Waals surface area contributed by atoms with Crippen LogP contribution in [-0.4, -0.2) is 0 Å². The minimum absolute atomic E-state index is 0. The van der Waals surface area contributed by atoms with Crippen LogP contribution in [0.2, 0.25) is 0 Å². The molecule has 178 valence electrons. The second kappa shape index (κ2) is 18.7. The van der Waals surface area contributed by atoms with E-state index in [1.807, 2.05) is 0 Å². The summed E-state index contributed by atoms with van der Waals surface area (Å²) in [5.74, 6) is 0.722. The quantitative estimate of drug-likeness (QED) is 0.133. The smallest absolute Gasteiger partial charge is 0.0134 e. The molecular weight excluding hydrogens is 483 g/mol. The molecule has 0 aliphatic carbocycles. The van der Waals surface area contributed by atoms with Crippen LogP contribution >= 0.6 is 24.9 Å². The van der Waals surface area contributed by atoms with Gasteiger partial charge in [-0.3, -0.25) is 0 Å². The van der Waals surface area contributed by atoms with Crippen LogP contribution in [0.5, 0.6) is 0 Å². The molecule has 0 amide bonds. The fourth-order valence-electron chi connectivity index (χ4n) is 3.59. The fraction of sp³-hybridized carbons (Fsp3) is 0.355. The maximum atomic E-state index is 2.34. The molecule has 0 nitrogen and oxygen atoms in total. The third-order valence-electron chi connectivity index (χ3n) is 5.29. The van der Waals surface area contributed by atoms with E-state index in [0.29, 0.717) is 0 Å². The minimum Gasteiger partial charge on any atom is -0.114 e. The number of rotatable bonds is 11. The standard InChI is InChI=1S/C18H15P.C13H26.BrH/c1-4-10-16(11-5-1)19(17-12-6-2-7-13-17)18-14-8-3-9-15-18;1-4-5-6-7-8-9-10-11-12-13(2)3;/h1-15H;11-13H,4-10H2,1-3H3;1H. The molecule has 0 atom stereocenters. The van der Waals surface area contributed by atoms with Gasteiger partial charge in [-0.15, -0.1) is 17.0 Å².